The van der Waals surface area contributed by atoms with Crippen molar-refractivity contribution in [1.82, 2.24) is 14.8 Å². The quantitative estimate of drug-likeness (QED) is 0.399. The lowest BCUT2D eigenvalue weighted by atomic mass is 10.0. The largest absolute Gasteiger partial charge is 0.376 e. The van der Waals surface area contributed by atoms with E-state index in [1.54, 1.807) is 34.3 Å². The molecule has 0 unspecified atom stereocenters. The SMILES string of the molecule is C[C@@H]1CN(C(=O)c2cc(Br)cc([N+](=O)[O-])c2N[C@@H]2CCCN(C(=O)c3cncc(N(C)C)c3)C2)C[C@H](C)O1. The van der Waals surface area contributed by atoms with Crippen molar-refractivity contribution in [3.8, 4) is 0 Å². The number of ether oxygens (including phenoxy) is 1. The van der Waals surface area contributed by atoms with Gasteiger partial charge in [0.2, 0.25) is 0 Å². The van der Waals surface area contributed by atoms with Crippen LogP contribution in [-0.4, -0.2) is 90.0 Å². The maximum absolute atomic E-state index is 13.6. The summed E-state index contributed by atoms with van der Waals surface area (Å²) in [4.78, 5) is 48.0. The summed E-state index contributed by atoms with van der Waals surface area (Å²) in [6, 6.07) is 4.54. The third-order valence-corrected chi connectivity index (χ3v) is 7.22. The number of morpholine rings is 1. The number of nitro benzene ring substituents is 1. The standard InChI is InChI=1S/C26H33BrN6O5/c1-16-13-32(14-17(2)38-16)26(35)22-9-19(27)10-23(33(36)37)24(22)29-20-6-5-7-31(15-20)25(34)18-8-21(30(3)4)12-28-11-18/h8-12,16-17,20,29H,5-7,13-15H2,1-4H3/t16-,17+,20-/m1/s1. The molecule has 2 fully saturated rings. The number of aromatic nitrogens is 1. The molecule has 0 spiro atoms. The van der Waals surface area contributed by atoms with Gasteiger partial charge in [-0.05, 0) is 38.8 Å². The first-order valence-corrected chi connectivity index (χ1v) is 13.4. The van der Waals surface area contributed by atoms with Crippen LogP contribution in [0.25, 0.3) is 0 Å². The molecule has 2 aromatic rings. The molecule has 0 aliphatic carbocycles. The number of hydrogen-bond acceptors (Lipinski definition) is 8. The number of carbonyl (C=O) groups excluding carboxylic acids is 2. The van der Waals surface area contributed by atoms with Gasteiger partial charge in [0.1, 0.15) is 5.69 Å². The van der Waals surface area contributed by atoms with Crippen molar-refractivity contribution in [2.24, 2.45) is 0 Å². The molecule has 3 heterocycles. The van der Waals surface area contributed by atoms with Crippen LogP contribution in [-0.2, 0) is 4.74 Å². The first-order chi connectivity index (χ1) is 18.0. The van der Waals surface area contributed by atoms with E-state index in [0.717, 1.165) is 12.1 Å². The number of anilines is 2. The van der Waals surface area contributed by atoms with Gasteiger partial charge in [-0.3, -0.25) is 24.7 Å². The van der Waals surface area contributed by atoms with Crippen molar-refractivity contribution in [2.75, 3.05) is 50.5 Å². The molecule has 0 bridgehead atoms. The van der Waals surface area contributed by atoms with Gasteiger partial charge in [-0.1, -0.05) is 15.9 Å². The lowest BCUT2D eigenvalue weighted by Crippen LogP contribution is -2.48. The summed E-state index contributed by atoms with van der Waals surface area (Å²) in [7, 11) is 3.77. The number of nitrogens with one attached hydrogen (secondary N) is 1. The van der Waals surface area contributed by atoms with E-state index < -0.39 is 4.92 Å². The number of benzene rings is 1. The monoisotopic (exact) mass is 588 g/mol. The van der Waals surface area contributed by atoms with Crippen molar-refractivity contribution < 1.29 is 19.2 Å². The van der Waals surface area contributed by atoms with Gasteiger partial charge in [0, 0.05) is 63.1 Å². The van der Waals surface area contributed by atoms with Gasteiger partial charge >= 0.3 is 0 Å². The zero-order chi connectivity index (χ0) is 27.6. The first kappa shape index (κ1) is 27.8. The van der Waals surface area contributed by atoms with Crippen molar-refractivity contribution in [3.05, 3.63) is 56.3 Å². The minimum Gasteiger partial charge on any atom is -0.376 e. The summed E-state index contributed by atoms with van der Waals surface area (Å²) in [5, 5.41) is 15.3. The molecule has 2 amide bonds. The highest BCUT2D eigenvalue weighted by atomic mass is 79.9. The highest BCUT2D eigenvalue weighted by Crippen LogP contribution is 2.35. The Hall–Kier alpha value is -3.25. The number of piperidine rings is 1. The number of halogens is 1. The molecular weight excluding hydrogens is 556 g/mol. The van der Waals surface area contributed by atoms with Gasteiger partial charge in [0.15, 0.2) is 0 Å². The fraction of sp³-hybridized carbons (Fsp3) is 0.500. The first-order valence-electron chi connectivity index (χ1n) is 12.6. The smallest absolute Gasteiger partial charge is 0.294 e. The fourth-order valence-corrected chi connectivity index (χ4v) is 5.47. The normalized spacial score (nSPS) is 21.7. The molecular formula is C26H33BrN6O5. The van der Waals surface area contributed by atoms with Gasteiger partial charge in [-0.2, -0.15) is 0 Å². The lowest BCUT2D eigenvalue weighted by Gasteiger charge is -2.36. The lowest BCUT2D eigenvalue weighted by molar-refractivity contribution is -0.384. The van der Waals surface area contributed by atoms with E-state index in [2.05, 4.69) is 26.2 Å². The number of likely N-dealkylation sites (tertiary alicyclic amines) is 1. The topological polar surface area (TPSA) is 121 Å². The number of nitrogens with zero attached hydrogens (tertiary/aromatic N) is 5. The van der Waals surface area contributed by atoms with E-state index in [9.17, 15) is 19.7 Å². The molecule has 12 heteroatoms. The van der Waals surface area contributed by atoms with Crippen LogP contribution in [0, 0.1) is 10.1 Å². The molecule has 2 saturated heterocycles. The number of carbonyl (C=O) groups is 2. The Morgan fingerprint density at radius 3 is 2.47 bits per heavy atom. The van der Waals surface area contributed by atoms with E-state index in [0.29, 0.717) is 42.6 Å². The van der Waals surface area contributed by atoms with Gasteiger partial charge in [-0.25, -0.2) is 0 Å². The third-order valence-electron chi connectivity index (χ3n) is 6.76. The van der Waals surface area contributed by atoms with E-state index >= 15 is 0 Å². The second kappa shape index (κ2) is 11.6. The second-order valence-corrected chi connectivity index (χ2v) is 11.0. The van der Waals surface area contributed by atoms with E-state index in [-0.39, 0.29) is 47.0 Å². The summed E-state index contributed by atoms with van der Waals surface area (Å²) in [6.07, 6.45) is 4.38. The molecule has 1 aromatic heterocycles. The molecule has 1 N–H and O–H groups in total. The molecule has 1 aromatic carbocycles. The van der Waals surface area contributed by atoms with Crippen LogP contribution in [0.3, 0.4) is 0 Å². The minimum absolute atomic E-state index is 0.139. The second-order valence-electron chi connectivity index (χ2n) is 10.1. The van der Waals surface area contributed by atoms with Crippen LogP contribution in [0.15, 0.2) is 35.1 Å². The minimum atomic E-state index is -0.487. The Morgan fingerprint density at radius 2 is 1.82 bits per heavy atom. The Bertz CT molecular complexity index is 1210. The van der Waals surface area contributed by atoms with Gasteiger partial charge in [-0.15, -0.1) is 0 Å². The Kier molecular flexibility index (Phi) is 8.51. The maximum Gasteiger partial charge on any atom is 0.294 e. The van der Waals surface area contributed by atoms with Crippen LogP contribution in [0.5, 0.6) is 0 Å². The Labute approximate surface area is 230 Å². The van der Waals surface area contributed by atoms with Crippen molar-refractivity contribution >= 4 is 44.8 Å². The van der Waals surface area contributed by atoms with Crippen LogP contribution < -0.4 is 10.2 Å². The summed E-state index contributed by atoms with van der Waals surface area (Å²) < 4.78 is 6.20. The fourth-order valence-electron chi connectivity index (χ4n) is 5.03. The van der Waals surface area contributed by atoms with Crippen molar-refractivity contribution in [1.29, 1.82) is 0 Å². The average Bonchev–Trinajstić information content (AvgIpc) is 2.88. The van der Waals surface area contributed by atoms with Gasteiger partial charge < -0.3 is 24.8 Å². The van der Waals surface area contributed by atoms with E-state index in [1.807, 2.05) is 32.8 Å². The molecule has 38 heavy (non-hydrogen) atoms. The van der Waals surface area contributed by atoms with Gasteiger partial charge in [0.05, 0.1) is 40.1 Å². The Balaban J connectivity index is 1.60. The van der Waals surface area contributed by atoms with Gasteiger partial charge in [0.25, 0.3) is 17.5 Å². The van der Waals surface area contributed by atoms with E-state index in [4.69, 9.17) is 4.74 Å². The number of amides is 2. The predicted molar refractivity (Wildman–Crippen MR) is 148 cm³/mol. The van der Waals surface area contributed by atoms with Crippen molar-refractivity contribution in [2.45, 2.75) is 44.9 Å². The van der Waals surface area contributed by atoms with E-state index in [1.165, 1.54) is 6.07 Å². The number of hydrogen-bond donors (Lipinski definition) is 1. The zero-order valence-electron chi connectivity index (χ0n) is 22.0. The molecule has 2 aliphatic heterocycles. The zero-order valence-corrected chi connectivity index (χ0v) is 23.6. The number of rotatable bonds is 6. The average molecular weight is 589 g/mol. The summed E-state index contributed by atoms with van der Waals surface area (Å²) in [5.41, 5.74) is 1.51. The molecule has 0 saturated carbocycles. The Morgan fingerprint density at radius 1 is 1.11 bits per heavy atom. The summed E-state index contributed by atoms with van der Waals surface area (Å²) in [5.74, 6) is -0.445. The summed E-state index contributed by atoms with van der Waals surface area (Å²) in [6.45, 7) is 5.51. The number of pyridine rings is 1. The van der Waals surface area contributed by atoms with Crippen LogP contribution in [0.1, 0.15) is 47.4 Å². The highest BCUT2D eigenvalue weighted by Gasteiger charge is 2.33. The summed E-state index contributed by atoms with van der Waals surface area (Å²) >= 11 is 3.34. The molecule has 11 nitrogen and oxygen atoms in total. The molecule has 2 aliphatic rings. The molecule has 204 valence electrons. The maximum atomic E-state index is 13.6. The highest BCUT2D eigenvalue weighted by molar-refractivity contribution is 9.10. The predicted octanol–water partition coefficient (Wildman–Crippen LogP) is 3.78. The molecule has 4 rings (SSSR count). The van der Waals surface area contributed by atoms with Crippen LogP contribution in [0.2, 0.25) is 0 Å². The molecule has 0 radical (unpaired) electrons. The number of nitro groups is 1. The molecule has 3 atom stereocenters. The van der Waals surface area contributed by atoms with Crippen LogP contribution in [0.4, 0.5) is 17.1 Å². The van der Waals surface area contributed by atoms with Crippen molar-refractivity contribution in [3.63, 3.8) is 0 Å². The van der Waals surface area contributed by atoms with Crippen LogP contribution >= 0.6 is 15.9 Å². The third kappa shape index (κ3) is 6.24.